The van der Waals surface area contributed by atoms with E-state index in [1.165, 1.54) is 49.4 Å². The van der Waals surface area contributed by atoms with Crippen LogP contribution < -0.4 is 5.32 Å². The third-order valence-corrected chi connectivity index (χ3v) is 4.54. The Morgan fingerprint density at radius 1 is 1.04 bits per heavy atom. The van der Waals surface area contributed by atoms with Crippen LogP contribution in [0.1, 0.15) is 16.6 Å². The molecule has 1 aromatic heterocycles. The van der Waals surface area contributed by atoms with Crippen LogP contribution in [-0.2, 0) is 9.53 Å². The van der Waals surface area contributed by atoms with E-state index in [-0.39, 0.29) is 4.88 Å². The van der Waals surface area contributed by atoms with Crippen LogP contribution in [0.3, 0.4) is 0 Å². The Bertz CT molecular complexity index is 937. The van der Waals surface area contributed by atoms with Crippen molar-refractivity contribution in [3.63, 3.8) is 0 Å². The van der Waals surface area contributed by atoms with E-state index in [4.69, 9.17) is 4.74 Å². The number of carbonyl (C=O) groups excluding carboxylic acids is 2. The number of ether oxygens (including phenoxy) is 1. The summed E-state index contributed by atoms with van der Waals surface area (Å²) in [6, 6.07) is 11.0. The Morgan fingerprint density at radius 2 is 1.72 bits per heavy atom. The molecule has 1 heterocycles. The summed E-state index contributed by atoms with van der Waals surface area (Å²) < 4.78 is 32.0. The second kappa shape index (κ2) is 6.98. The largest absolute Gasteiger partial charge is 0.448 e. The normalized spacial score (nSPS) is 12.0. The van der Waals surface area contributed by atoms with Crippen LogP contribution in [0.25, 0.3) is 10.1 Å². The highest BCUT2D eigenvalue weighted by molar-refractivity contribution is 7.20. The van der Waals surface area contributed by atoms with Gasteiger partial charge in [0.15, 0.2) is 6.10 Å². The quantitative estimate of drug-likeness (QED) is 0.703. The van der Waals surface area contributed by atoms with E-state index in [2.05, 4.69) is 5.32 Å². The lowest BCUT2D eigenvalue weighted by atomic mass is 10.2. The number of rotatable bonds is 4. The lowest BCUT2D eigenvalue weighted by Crippen LogP contribution is -2.29. The lowest BCUT2D eigenvalue weighted by molar-refractivity contribution is -0.123. The molecule has 1 amide bonds. The summed E-state index contributed by atoms with van der Waals surface area (Å²) in [5.74, 6) is -2.01. The van der Waals surface area contributed by atoms with Gasteiger partial charge in [-0.05, 0) is 60.8 Å². The number of benzene rings is 2. The van der Waals surface area contributed by atoms with Crippen molar-refractivity contribution in [2.45, 2.75) is 13.0 Å². The monoisotopic (exact) mass is 361 g/mol. The minimum Gasteiger partial charge on any atom is -0.448 e. The molecule has 0 saturated carbocycles. The molecule has 1 N–H and O–H groups in total. The average Bonchev–Trinajstić information content (AvgIpc) is 3.00. The smallest absolute Gasteiger partial charge is 0.349 e. The molecule has 3 rings (SSSR count). The van der Waals surface area contributed by atoms with Crippen molar-refractivity contribution in [1.82, 2.24) is 0 Å². The van der Waals surface area contributed by atoms with E-state index < -0.39 is 29.6 Å². The molecule has 3 aromatic rings. The molecule has 0 unspecified atom stereocenters. The van der Waals surface area contributed by atoms with Crippen LogP contribution in [0.2, 0.25) is 0 Å². The van der Waals surface area contributed by atoms with Crippen LogP contribution in [0, 0.1) is 11.6 Å². The number of anilines is 1. The highest BCUT2D eigenvalue weighted by Gasteiger charge is 2.20. The number of esters is 1. The SMILES string of the molecule is C[C@@H](OC(=O)c1cc2cc(F)ccc2s1)C(=O)Nc1ccc(F)cc1. The number of thiophene rings is 1. The molecule has 0 spiro atoms. The van der Waals surface area contributed by atoms with Gasteiger partial charge in [-0.1, -0.05) is 0 Å². The first-order valence-electron chi connectivity index (χ1n) is 7.39. The third-order valence-electron chi connectivity index (χ3n) is 3.44. The number of halogens is 2. The van der Waals surface area contributed by atoms with E-state index in [0.29, 0.717) is 11.1 Å². The van der Waals surface area contributed by atoms with Gasteiger partial charge < -0.3 is 10.1 Å². The number of hydrogen-bond acceptors (Lipinski definition) is 4. The van der Waals surface area contributed by atoms with Gasteiger partial charge in [0.05, 0.1) is 0 Å². The Morgan fingerprint density at radius 3 is 2.44 bits per heavy atom. The van der Waals surface area contributed by atoms with Gasteiger partial charge in [-0.25, -0.2) is 13.6 Å². The van der Waals surface area contributed by atoms with E-state index in [0.717, 1.165) is 16.0 Å². The average molecular weight is 361 g/mol. The summed E-state index contributed by atoms with van der Waals surface area (Å²) in [7, 11) is 0. The second-order valence-corrected chi connectivity index (χ2v) is 6.42. The lowest BCUT2D eigenvalue weighted by Gasteiger charge is -2.12. The minimum absolute atomic E-state index is 0.280. The third kappa shape index (κ3) is 4.00. The molecule has 0 saturated heterocycles. The van der Waals surface area contributed by atoms with Crippen molar-refractivity contribution in [3.8, 4) is 0 Å². The fourth-order valence-corrected chi connectivity index (χ4v) is 3.09. The van der Waals surface area contributed by atoms with Crippen molar-refractivity contribution in [1.29, 1.82) is 0 Å². The van der Waals surface area contributed by atoms with E-state index in [1.807, 2.05) is 0 Å². The summed E-state index contributed by atoms with van der Waals surface area (Å²) in [6.45, 7) is 1.43. The fourth-order valence-electron chi connectivity index (χ4n) is 2.16. The Labute approximate surface area is 146 Å². The fraction of sp³-hybridized carbons (Fsp3) is 0.111. The molecule has 7 heteroatoms. The summed E-state index contributed by atoms with van der Waals surface area (Å²) in [5.41, 5.74) is 0.395. The molecular formula is C18H13F2NO3S. The number of amides is 1. The van der Waals surface area contributed by atoms with E-state index >= 15 is 0 Å². The summed E-state index contributed by atoms with van der Waals surface area (Å²) in [6.07, 6.45) is -1.04. The minimum atomic E-state index is -1.04. The summed E-state index contributed by atoms with van der Waals surface area (Å²) in [5, 5.41) is 3.13. The Hall–Kier alpha value is -2.80. The van der Waals surface area contributed by atoms with Crippen molar-refractivity contribution < 1.29 is 23.1 Å². The second-order valence-electron chi connectivity index (χ2n) is 5.34. The first-order chi connectivity index (χ1) is 11.9. The maximum Gasteiger partial charge on any atom is 0.349 e. The molecule has 0 bridgehead atoms. The van der Waals surface area contributed by atoms with Crippen LogP contribution in [0.4, 0.5) is 14.5 Å². The van der Waals surface area contributed by atoms with Gasteiger partial charge in [-0.2, -0.15) is 0 Å². The van der Waals surface area contributed by atoms with Gasteiger partial charge in [-0.15, -0.1) is 11.3 Å². The molecule has 0 aliphatic carbocycles. The highest BCUT2D eigenvalue weighted by atomic mass is 32.1. The first kappa shape index (κ1) is 17.0. The van der Waals surface area contributed by atoms with Gasteiger partial charge >= 0.3 is 5.97 Å². The van der Waals surface area contributed by atoms with Gasteiger partial charge in [0.2, 0.25) is 0 Å². The summed E-state index contributed by atoms with van der Waals surface area (Å²) in [4.78, 5) is 24.5. The molecule has 0 fully saturated rings. The van der Waals surface area contributed by atoms with Crippen molar-refractivity contribution in [2.75, 3.05) is 5.32 Å². The maximum absolute atomic E-state index is 13.2. The van der Waals surface area contributed by atoms with Gasteiger partial charge in [0.1, 0.15) is 16.5 Å². The predicted octanol–water partition coefficient (Wildman–Crippen LogP) is 4.36. The molecule has 4 nitrogen and oxygen atoms in total. The first-order valence-corrected chi connectivity index (χ1v) is 8.20. The number of carbonyl (C=O) groups is 2. The molecule has 0 radical (unpaired) electrons. The predicted molar refractivity (Wildman–Crippen MR) is 91.7 cm³/mol. The zero-order valence-corrected chi connectivity index (χ0v) is 13.9. The molecule has 0 aliphatic rings. The van der Waals surface area contributed by atoms with Gasteiger partial charge in [0.25, 0.3) is 5.91 Å². The highest BCUT2D eigenvalue weighted by Crippen LogP contribution is 2.27. The van der Waals surface area contributed by atoms with Crippen LogP contribution >= 0.6 is 11.3 Å². The number of nitrogens with one attached hydrogen (secondary N) is 1. The van der Waals surface area contributed by atoms with E-state index in [9.17, 15) is 18.4 Å². The molecule has 0 aliphatic heterocycles. The number of fused-ring (bicyclic) bond motifs is 1. The topological polar surface area (TPSA) is 55.4 Å². The molecular weight excluding hydrogens is 348 g/mol. The maximum atomic E-state index is 13.2. The van der Waals surface area contributed by atoms with Crippen molar-refractivity contribution in [3.05, 3.63) is 65.0 Å². The standard InChI is InChI=1S/C18H13F2NO3S/c1-10(17(22)21-14-5-2-12(19)3-6-14)24-18(23)16-9-11-8-13(20)4-7-15(11)25-16/h2-10H,1H3,(H,21,22)/t10-/m1/s1. The van der Waals surface area contributed by atoms with Gasteiger partial charge in [-0.3, -0.25) is 4.79 Å². The molecule has 2 aromatic carbocycles. The van der Waals surface area contributed by atoms with Crippen molar-refractivity contribution >= 4 is 39.0 Å². The summed E-state index contributed by atoms with van der Waals surface area (Å²) >= 11 is 1.16. The number of hydrogen-bond donors (Lipinski definition) is 1. The molecule has 25 heavy (non-hydrogen) atoms. The van der Waals surface area contributed by atoms with Crippen molar-refractivity contribution in [2.24, 2.45) is 0 Å². The van der Waals surface area contributed by atoms with Crippen LogP contribution in [0.15, 0.2) is 48.5 Å². The van der Waals surface area contributed by atoms with Crippen LogP contribution in [0.5, 0.6) is 0 Å². The molecule has 1 atom stereocenters. The Kier molecular flexibility index (Phi) is 4.76. The zero-order valence-electron chi connectivity index (χ0n) is 13.1. The van der Waals surface area contributed by atoms with Crippen LogP contribution in [-0.4, -0.2) is 18.0 Å². The van der Waals surface area contributed by atoms with E-state index in [1.54, 1.807) is 6.07 Å². The Balaban J connectivity index is 1.66. The molecule has 128 valence electrons. The zero-order chi connectivity index (χ0) is 18.0. The van der Waals surface area contributed by atoms with Gasteiger partial charge in [0, 0.05) is 10.4 Å².